The zero-order chi connectivity index (χ0) is 22.6. The average Bonchev–Trinajstić information content (AvgIpc) is 2.74. The van der Waals surface area contributed by atoms with Crippen LogP contribution >= 0.6 is 15.9 Å². The number of hydrogen-bond donors (Lipinski definition) is 2. The maximum absolute atomic E-state index is 12.9. The van der Waals surface area contributed by atoms with Gasteiger partial charge in [-0.05, 0) is 63.3 Å². The van der Waals surface area contributed by atoms with Crippen LogP contribution in [0.15, 0.2) is 75.4 Å². The van der Waals surface area contributed by atoms with Crippen molar-refractivity contribution in [2.45, 2.75) is 37.5 Å². The second-order valence-electron chi connectivity index (χ2n) is 7.98. The Morgan fingerprint density at radius 2 is 1.84 bits per heavy atom. The Morgan fingerprint density at radius 1 is 1.13 bits per heavy atom. The van der Waals surface area contributed by atoms with Gasteiger partial charge in [0.15, 0.2) is 5.82 Å². The van der Waals surface area contributed by atoms with Crippen LogP contribution in [-0.4, -0.2) is 29.3 Å². The minimum absolute atomic E-state index is 0.0745. The Balaban J connectivity index is 1.85. The number of benzene rings is 1. The van der Waals surface area contributed by atoms with E-state index in [0.717, 1.165) is 5.56 Å². The summed E-state index contributed by atoms with van der Waals surface area (Å²) in [5.74, 6) is 0.154. The fraction of sp³-hybridized carbons (Fsp3) is 0.227. The summed E-state index contributed by atoms with van der Waals surface area (Å²) in [6.45, 7) is 6.20. The monoisotopic (exact) mass is 502 g/mol. The third-order valence-electron chi connectivity index (χ3n) is 4.63. The second kappa shape index (κ2) is 9.15. The Labute approximate surface area is 190 Å². The molecule has 2 heterocycles. The minimum atomic E-state index is -3.83. The molecule has 7 nitrogen and oxygen atoms in total. The van der Waals surface area contributed by atoms with Gasteiger partial charge in [0.2, 0.25) is 0 Å². The van der Waals surface area contributed by atoms with Crippen LogP contribution in [0, 0.1) is 0 Å². The molecule has 1 aromatic carbocycles. The number of halogens is 1. The molecule has 31 heavy (non-hydrogen) atoms. The fourth-order valence-electron chi connectivity index (χ4n) is 2.87. The third kappa shape index (κ3) is 5.68. The molecule has 2 aromatic heterocycles. The largest absolute Gasteiger partial charge is 0.411 e. The maximum Gasteiger partial charge on any atom is 0.263 e. The molecule has 0 bridgehead atoms. The second-order valence-corrected chi connectivity index (χ2v) is 10.5. The van der Waals surface area contributed by atoms with Gasteiger partial charge in [-0.25, -0.2) is 13.4 Å². The number of nitrogens with zero attached hydrogens (tertiary/aromatic N) is 3. The Kier molecular flexibility index (Phi) is 6.76. The summed E-state index contributed by atoms with van der Waals surface area (Å²) in [5.41, 5.74) is 2.51. The lowest BCUT2D eigenvalue weighted by Gasteiger charge is -2.19. The molecule has 0 aliphatic carbocycles. The van der Waals surface area contributed by atoms with Crippen LogP contribution in [0.3, 0.4) is 0 Å². The first-order valence-electron chi connectivity index (χ1n) is 9.50. The number of hydrogen-bond acceptors (Lipinski definition) is 6. The molecular weight excluding hydrogens is 480 g/mol. The normalized spacial score (nSPS) is 12.6. The van der Waals surface area contributed by atoms with Gasteiger partial charge >= 0.3 is 0 Å². The highest BCUT2D eigenvalue weighted by Crippen LogP contribution is 2.26. The van der Waals surface area contributed by atoms with E-state index < -0.39 is 10.0 Å². The molecule has 0 aliphatic heterocycles. The molecule has 0 fully saturated rings. The van der Waals surface area contributed by atoms with Gasteiger partial charge in [-0.2, -0.15) is 0 Å². The first-order valence-corrected chi connectivity index (χ1v) is 11.8. The van der Waals surface area contributed by atoms with Crippen LogP contribution in [0.4, 0.5) is 5.82 Å². The van der Waals surface area contributed by atoms with Crippen LogP contribution in [-0.2, 0) is 21.9 Å². The van der Waals surface area contributed by atoms with E-state index in [2.05, 4.69) is 56.5 Å². The summed E-state index contributed by atoms with van der Waals surface area (Å²) in [6, 6.07) is 13.7. The highest BCUT2D eigenvalue weighted by Gasteiger charge is 2.20. The van der Waals surface area contributed by atoms with Crippen molar-refractivity contribution in [3.8, 4) is 0 Å². The van der Waals surface area contributed by atoms with Crippen LogP contribution in [0.25, 0.3) is 0 Å². The number of aromatic nitrogens is 2. The number of anilines is 1. The zero-order valence-electron chi connectivity index (χ0n) is 17.4. The van der Waals surface area contributed by atoms with E-state index in [1.54, 1.807) is 48.8 Å². The third-order valence-corrected chi connectivity index (χ3v) is 6.62. The van der Waals surface area contributed by atoms with Gasteiger partial charge in [-0.3, -0.25) is 9.71 Å². The van der Waals surface area contributed by atoms with Crippen molar-refractivity contribution < 1.29 is 13.6 Å². The van der Waals surface area contributed by atoms with Gasteiger partial charge in [-0.1, -0.05) is 38.1 Å². The van der Waals surface area contributed by atoms with Gasteiger partial charge in [0.25, 0.3) is 10.0 Å². The summed E-state index contributed by atoms with van der Waals surface area (Å²) in [5, 5.41) is 12.7. The lowest BCUT2D eigenvalue weighted by atomic mass is 9.87. The molecule has 0 saturated heterocycles. The quantitative estimate of drug-likeness (QED) is 0.287. The number of nitrogens with one attached hydrogen (secondary N) is 1. The number of oxime groups is 1. The maximum atomic E-state index is 12.9. The van der Waals surface area contributed by atoms with Crippen LogP contribution in [0.2, 0.25) is 0 Å². The molecule has 0 unspecified atom stereocenters. The van der Waals surface area contributed by atoms with Crippen molar-refractivity contribution in [1.82, 2.24) is 9.97 Å². The lowest BCUT2D eigenvalue weighted by molar-refractivity contribution is 0.318. The molecule has 9 heteroatoms. The van der Waals surface area contributed by atoms with Crippen molar-refractivity contribution in [1.29, 1.82) is 0 Å². The number of sulfonamides is 1. The van der Waals surface area contributed by atoms with Crippen molar-refractivity contribution >= 4 is 37.5 Å². The Hall–Kier alpha value is -2.78. The molecular formula is C22H23BrN4O3S. The average molecular weight is 503 g/mol. The van der Waals surface area contributed by atoms with Gasteiger partial charge < -0.3 is 5.21 Å². The molecule has 0 atom stereocenters. The standard InChI is InChI=1S/C22H23BrN4O3S/c1-22(2,3)16-6-9-18(10-7-16)31(29,30)27-21-19(23)11-8-17(25-21)13-20(26-28)15-5-4-12-24-14-15/h4-12,14,28H,13H2,1-3H3,(H,25,27)/b26-20-. The molecule has 0 saturated carbocycles. The number of pyridine rings is 2. The zero-order valence-corrected chi connectivity index (χ0v) is 19.8. The van der Waals surface area contributed by atoms with Gasteiger partial charge in [-0.15, -0.1) is 0 Å². The molecule has 0 aliphatic rings. The highest BCUT2D eigenvalue weighted by atomic mass is 79.9. The molecule has 3 aromatic rings. The molecule has 0 radical (unpaired) electrons. The van der Waals surface area contributed by atoms with Gasteiger partial charge in [0, 0.05) is 30.1 Å². The first-order chi connectivity index (χ1) is 14.6. The summed E-state index contributed by atoms with van der Waals surface area (Å²) in [4.78, 5) is 8.57. The van der Waals surface area contributed by atoms with E-state index in [1.165, 1.54) is 0 Å². The SMILES string of the molecule is CC(C)(C)c1ccc(S(=O)(=O)Nc2nc(C/C(=N/O)c3cccnc3)ccc2Br)cc1. The van der Waals surface area contributed by atoms with Crippen LogP contribution in [0.1, 0.15) is 37.6 Å². The lowest BCUT2D eigenvalue weighted by Crippen LogP contribution is -2.16. The first kappa shape index (κ1) is 22.9. The summed E-state index contributed by atoms with van der Waals surface area (Å²) in [6.07, 6.45) is 3.40. The summed E-state index contributed by atoms with van der Waals surface area (Å²) < 4.78 is 28.8. The van der Waals surface area contributed by atoms with Crippen molar-refractivity contribution in [3.05, 3.63) is 82.2 Å². The van der Waals surface area contributed by atoms with Crippen molar-refractivity contribution in [2.24, 2.45) is 5.16 Å². The molecule has 3 rings (SSSR count). The van der Waals surface area contributed by atoms with E-state index in [0.29, 0.717) is 21.4 Å². The summed E-state index contributed by atoms with van der Waals surface area (Å²) in [7, 11) is -3.83. The van der Waals surface area contributed by atoms with Gasteiger partial charge in [0.1, 0.15) is 0 Å². The van der Waals surface area contributed by atoms with E-state index in [1.807, 2.05) is 12.1 Å². The van der Waals surface area contributed by atoms with Crippen molar-refractivity contribution in [3.63, 3.8) is 0 Å². The van der Waals surface area contributed by atoms with E-state index in [9.17, 15) is 13.6 Å². The number of rotatable bonds is 6. The topological polar surface area (TPSA) is 105 Å². The van der Waals surface area contributed by atoms with Crippen molar-refractivity contribution in [2.75, 3.05) is 4.72 Å². The predicted octanol–water partition coefficient (Wildman–Crippen LogP) is 4.76. The molecule has 0 amide bonds. The van der Waals surface area contributed by atoms with E-state index in [-0.39, 0.29) is 22.5 Å². The van der Waals surface area contributed by atoms with Crippen LogP contribution < -0.4 is 4.72 Å². The highest BCUT2D eigenvalue weighted by molar-refractivity contribution is 9.10. The van der Waals surface area contributed by atoms with Gasteiger partial charge in [0.05, 0.1) is 15.1 Å². The smallest absolute Gasteiger partial charge is 0.263 e. The Bertz CT molecular complexity index is 1190. The molecule has 0 spiro atoms. The fourth-order valence-corrected chi connectivity index (χ4v) is 4.35. The van der Waals surface area contributed by atoms with E-state index >= 15 is 0 Å². The minimum Gasteiger partial charge on any atom is -0.411 e. The molecule has 2 N–H and O–H groups in total. The van der Waals surface area contributed by atoms with E-state index in [4.69, 9.17) is 0 Å². The molecule has 162 valence electrons. The summed E-state index contributed by atoms with van der Waals surface area (Å²) >= 11 is 3.34. The predicted molar refractivity (Wildman–Crippen MR) is 124 cm³/mol. The Morgan fingerprint density at radius 3 is 2.42 bits per heavy atom. The van der Waals surface area contributed by atoms with Crippen LogP contribution in [0.5, 0.6) is 0 Å².